The first-order valence-electron chi connectivity index (χ1n) is 3.02. The van der Waals surface area contributed by atoms with Crippen molar-refractivity contribution in [2.45, 2.75) is 20.3 Å². The molecule has 0 atom stereocenters. The van der Waals surface area contributed by atoms with Crippen LogP contribution < -0.4 is 3.53 Å². The molecule has 1 N–H and O–H groups in total. The van der Waals surface area contributed by atoms with Crippen molar-refractivity contribution in [3.8, 4) is 0 Å². The van der Waals surface area contributed by atoms with Crippen molar-refractivity contribution in [1.29, 1.82) is 0 Å². The van der Waals surface area contributed by atoms with E-state index in [1.165, 1.54) is 13.0 Å². The third kappa shape index (κ3) is 6.07. The van der Waals surface area contributed by atoms with Crippen LogP contribution in [0.25, 0.3) is 0 Å². The van der Waals surface area contributed by atoms with Gasteiger partial charge in [0.05, 0.1) is 28.7 Å². The summed E-state index contributed by atoms with van der Waals surface area (Å²) in [4.78, 5) is 0. The van der Waals surface area contributed by atoms with Crippen molar-refractivity contribution in [2.24, 2.45) is 0 Å². The minimum atomic E-state index is -0.127. The van der Waals surface area contributed by atoms with E-state index >= 15 is 0 Å². The van der Waals surface area contributed by atoms with Crippen LogP contribution in [0, 0.1) is 0 Å². The molecule has 10 heavy (non-hydrogen) atoms. The summed E-state index contributed by atoms with van der Waals surface area (Å²) in [5.41, 5.74) is 1.05. The molecular weight excluding hydrogens is 244 g/mol. The predicted molar refractivity (Wildman–Crippen MR) is 50.4 cm³/mol. The van der Waals surface area contributed by atoms with E-state index in [2.05, 4.69) is 3.53 Å². The monoisotopic (exact) mass is 255 g/mol. The number of rotatable bonds is 3. The lowest BCUT2D eigenvalue weighted by Crippen LogP contribution is -1.90. The van der Waals surface area contributed by atoms with E-state index in [0.29, 0.717) is 6.42 Å². The number of hydrogen-bond acceptors (Lipinski definition) is 1. The van der Waals surface area contributed by atoms with Gasteiger partial charge in [-0.25, -0.2) is 4.39 Å². The molecule has 0 bridgehead atoms. The summed E-state index contributed by atoms with van der Waals surface area (Å²) >= 11 is 2.04. The second kappa shape index (κ2) is 5.70. The Balaban J connectivity index is 3.63. The van der Waals surface area contributed by atoms with E-state index in [4.69, 9.17) is 0 Å². The molecule has 0 saturated carbocycles. The Morgan fingerprint density at radius 1 is 1.50 bits per heavy atom. The molecule has 0 aliphatic rings. The lowest BCUT2D eigenvalue weighted by Gasteiger charge is -1.93. The smallest absolute Gasteiger partial charge is 0.0932 e. The standard InChI is InChI=1S/C7H11FIN/c1-6(8)4-3-5-7(2)10-9/h4-5,10H,3H2,1-2H3/b6-4+,7-5+. The van der Waals surface area contributed by atoms with Gasteiger partial charge in [0.25, 0.3) is 0 Å². The molecular formula is C7H11FIN. The highest BCUT2D eigenvalue weighted by Crippen LogP contribution is 1.99. The Bertz CT molecular complexity index is 148. The van der Waals surface area contributed by atoms with Crippen molar-refractivity contribution >= 4 is 22.9 Å². The van der Waals surface area contributed by atoms with E-state index in [1.807, 2.05) is 35.9 Å². The molecule has 0 radical (unpaired) electrons. The Morgan fingerprint density at radius 2 is 2.10 bits per heavy atom. The molecule has 0 aliphatic heterocycles. The second-order valence-corrected chi connectivity index (χ2v) is 2.55. The summed E-state index contributed by atoms with van der Waals surface area (Å²) in [6.07, 6.45) is 4.12. The van der Waals surface area contributed by atoms with Crippen molar-refractivity contribution in [1.82, 2.24) is 3.53 Å². The van der Waals surface area contributed by atoms with Crippen LogP contribution in [0.2, 0.25) is 0 Å². The van der Waals surface area contributed by atoms with E-state index in [9.17, 15) is 4.39 Å². The molecule has 58 valence electrons. The molecule has 1 nitrogen and oxygen atoms in total. The first-order chi connectivity index (χ1) is 4.66. The second-order valence-electron chi connectivity index (χ2n) is 2.01. The molecule has 0 spiro atoms. The average molecular weight is 255 g/mol. The molecule has 0 aromatic heterocycles. The summed E-state index contributed by atoms with van der Waals surface area (Å²) < 4.78 is 15.0. The molecule has 3 heteroatoms. The van der Waals surface area contributed by atoms with Gasteiger partial charge in [0.15, 0.2) is 0 Å². The van der Waals surface area contributed by atoms with E-state index in [1.54, 1.807) is 0 Å². The summed E-state index contributed by atoms with van der Waals surface area (Å²) in [5.74, 6) is -0.127. The zero-order valence-corrected chi connectivity index (χ0v) is 8.28. The maximum absolute atomic E-state index is 12.1. The highest BCUT2D eigenvalue weighted by atomic mass is 127. The number of hydrogen-bond donors (Lipinski definition) is 1. The highest BCUT2D eigenvalue weighted by Gasteiger charge is 1.82. The first kappa shape index (κ1) is 9.94. The van der Waals surface area contributed by atoms with Crippen LogP contribution in [-0.4, -0.2) is 0 Å². The molecule has 0 saturated heterocycles. The maximum Gasteiger partial charge on any atom is 0.0932 e. The first-order valence-corrected chi connectivity index (χ1v) is 4.10. The third-order valence-electron chi connectivity index (χ3n) is 0.972. The fourth-order valence-electron chi connectivity index (χ4n) is 0.437. The normalized spacial score (nSPS) is 13.6. The molecule has 0 unspecified atom stereocenters. The van der Waals surface area contributed by atoms with Crippen molar-refractivity contribution in [3.05, 3.63) is 23.7 Å². The van der Waals surface area contributed by atoms with Crippen molar-refractivity contribution in [3.63, 3.8) is 0 Å². The zero-order valence-electron chi connectivity index (χ0n) is 6.12. The van der Waals surface area contributed by atoms with Gasteiger partial charge in [-0.3, -0.25) is 0 Å². The van der Waals surface area contributed by atoms with Gasteiger partial charge >= 0.3 is 0 Å². The topological polar surface area (TPSA) is 12.0 Å². The van der Waals surface area contributed by atoms with Crippen LogP contribution in [0.1, 0.15) is 20.3 Å². The number of allylic oxidation sites excluding steroid dienone is 4. The van der Waals surface area contributed by atoms with Gasteiger partial charge < -0.3 is 3.53 Å². The quantitative estimate of drug-likeness (QED) is 0.603. The zero-order chi connectivity index (χ0) is 7.98. The average Bonchev–Trinajstić information content (AvgIpc) is 1.87. The van der Waals surface area contributed by atoms with E-state index in [-0.39, 0.29) is 5.83 Å². The SMILES string of the molecule is C/C(F)=C\C/C=C(\C)NI. The maximum atomic E-state index is 12.1. The summed E-state index contributed by atoms with van der Waals surface area (Å²) in [6, 6.07) is 0. The van der Waals surface area contributed by atoms with Gasteiger partial charge in [-0.1, -0.05) is 6.08 Å². The molecule has 0 heterocycles. The largest absolute Gasteiger partial charge is 0.333 e. The van der Waals surface area contributed by atoms with Crippen LogP contribution in [0.5, 0.6) is 0 Å². The summed E-state index contributed by atoms with van der Waals surface area (Å²) in [6.45, 7) is 3.38. The fourth-order valence-corrected chi connectivity index (χ4v) is 0.657. The van der Waals surface area contributed by atoms with E-state index < -0.39 is 0 Å². The summed E-state index contributed by atoms with van der Waals surface area (Å²) in [5, 5.41) is 0. The fraction of sp³-hybridized carbons (Fsp3) is 0.429. The van der Waals surface area contributed by atoms with Crippen LogP contribution >= 0.6 is 22.9 Å². The van der Waals surface area contributed by atoms with Crippen LogP contribution in [0.4, 0.5) is 4.39 Å². The molecule has 0 amide bonds. The van der Waals surface area contributed by atoms with Gasteiger partial charge in [-0.05, 0) is 26.3 Å². The predicted octanol–water partition coefficient (Wildman–Crippen LogP) is 3.09. The molecule has 0 aromatic rings. The van der Waals surface area contributed by atoms with Crippen molar-refractivity contribution in [2.75, 3.05) is 0 Å². The summed E-state index contributed by atoms with van der Waals surface area (Å²) in [7, 11) is 0. The Morgan fingerprint density at radius 3 is 2.50 bits per heavy atom. The van der Waals surface area contributed by atoms with Crippen molar-refractivity contribution < 1.29 is 4.39 Å². The van der Waals surface area contributed by atoms with Crippen LogP contribution in [0.15, 0.2) is 23.7 Å². The van der Waals surface area contributed by atoms with Gasteiger partial charge in [-0.2, -0.15) is 0 Å². The van der Waals surface area contributed by atoms with Crippen LogP contribution in [0.3, 0.4) is 0 Å². The molecule has 0 fully saturated rings. The Kier molecular flexibility index (Phi) is 5.67. The molecule has 0 rings (SSSR count). The number of nitrogens with one attached hydrogen (secondary N) is 1. The van der Waals surface area contributed by atoms with Gasteiger partial charge in [0, 0.05) is 5.70 Å². The van der Waals surface area contributed by atoms with Gasteiger partial charge in [0.2, 0.25) is 0 Å². The lowest BCUT2D eigenvalue weighted by molar-refractivity contribution is 0.636. The highest BCUT2D eigenvalue weighted by molar-refractivity contribution is 14.1. The Hall–Kier alpha value is -0.0600. The minimum Gasteiger partial charge on any atom is -0.333 e. The lowest BCUT2D eigenvalue weighted by atomic mass is 10.3. The van der Waals surface area contributed by atoms with Gasteiger partial charge in [0.1, 0.15) is 0 Å². The molecule has 0 aliphatic carbocycles. The number of halogens is 2. The third-order valence-corrected chi connectivity index (χ3v) is 1.82. The van der Waals surface area contributed by atoms with E-state index in [0.717, 1.165) is 5.70 Å². The molecule has 0 aromatic carbocycles. The van der Waals surface area contributed by atoms with Gasteiger partial charge in [-0.15, -0.1) is 0 Å². The minimum absolute atomic E-state index is 0.127. The Labute approximate surface area is 74.9 Å². The van der Waals surface area contributed by atoms with Crippen LogP contribution in [-0.2, 0) is 0 Å².